The van der Waals surface area contributed by atoms with Gasteiger partial charge in [-0.3, -0.25) is 0 Å². The number of esters is 1. The monoisotopic (exact) mass is 450 g/mol. The summed E-state index contributed by atoms with van der Waals surface area (Å²) in [5, 5.41) is 0. The largest absolute Gasteiger partial charge is 0.468 e. The summed E-state index contributed by atoms with van der Waals surface area (Å²) in [5.41, 5.74) is 0. The second-order valence-corrected chi connectivity index (χ2v) is 9.99. The Labute approximate surface area is 184 Å². The zero-order chi connectivity index (χ0) is 21.4. The topological polar surface area (TPSA) is 35.5 Å². The van der Waals surface area contributed by atoms with E-state index in [1.165, 1.54) is 45.4 Å². The Bertz CT molecular complexity index is 528. The minimum atomic E-state index is -3.69. The van der Waals surface area contributed by atoms with Gasteiger partial charge in [0.1, 0.15) is 0 Å². The second kappa shape index (κ2) is 11.8. The predicted molar refractivity (Wildman–Crippen MR) is 118 cm³/mol. The maximum Gasteiger partial charge on any atom is 0.381 e. The van der Waals surface area contributed by atoms with Crippen LogP contribution in [0.15, 0.2) is 0 Å². The van der Waals surface area contributed by atoms with Crippen LogP contribution in [0.3, 0.4) is 0 Å². The van der Waals surface area contributed by atoms with Crippen LogP contribution in [0, 0.1) is 23.7 Å². The van der Waals surface area contributed by atoms with Crippen LogP contribution < -0.4 is 0 Å². The molecule has 7 heteroatoms. The first kappa shape index (κ1) is 24.8. The molecule has 2 saturated carbocycles. The lowest BCUT2D eigenvalue weighted by Gasteiger charge is -2.40. The molecule has 0 saturated heterocycles. The molecule has 0 aromatic carbocycles. The normalized spacial score (nSPS) is 29.1. The van der Waals surface area contributed by atoms with Crippen LogP contribution in [-0.4, -0.2) is 35.2 Å². The highest BCUT2D eigenvalue weighted by Crippen LogP contribution is 2.45. The highest BCUT2D eigenvalue weighted by molar-refractivity contribution is 8.22. The van der Waals surface area contributed by atoms with Gasteiger partial charge in [0.25, 0.3) is 0 Å². The minimum Gasteiger partial charge on any atom is -0.468 e. The van der Waals surface area contributed by atoms with E-state index in [4.69, 9.17) is 17.0 Å². The summed E-state index contributed by atoms with van der Waals surface area (Å²) >= 11 is 6.14. The Morgan fingerprint density at radius 2 is 1.62 bits per heavy atom. The van der Waals surface area contributed by atoms with Gasteiger partial charge in [0, 0.05) is 5.92 Å². The first-order chi connectivity index (χ1) is 13.8. The van der Waals surface area contributed by atoms with E-state index in [0.29, 0.717) is 18.8 Å². The molecule has 3 nitrogen and oxygen atoms in total. The van der Waals surface area contributed by atoms with Crippen molar-refractivity contribution in [2.45, 2.75) is 90.1 Å². The molecule has 2 fully saturated rings. The lowest BCUT2D eigenvalue weighted by molar-refractivity contribution is -0.193. The highest BCUT2D eigenvalue weighted by atomic mass is 32.2. The fraction of sp³-hybridized carbons (Fsp3) is 0.909. The molecule has 1 atom stereocenters. The van der Waals surface area contributed by atoms with E-state index in [1.807, 2.05) is 0 Å². The van der Waals surface area contributed by atoms with Crippen molar-refractivity contribution >= 4 is 34.3 Å². The SMILES string of the molecule is CCCC1CCC(C2CCC(C(OC(=S)SC)C(F)(F)C(=O)OCC)CC2)CC1. The number of halogens is 2. The fourth-order valence-corrected chi connectivity index (χ4v) is 5.54. The minimum absolute atomic E-state index is 0.0512. The third-order valence-corrected chi connectivity index (χ3v) is 7.82. The number of rotatable bonds is 8. The number of carbonyl (C=O) groups is 1. The average molecular weight is 451 g/mol. The number of ether oxygens (including phenoxy) is 2. The summed E-state index contributed by atoms with van der Waals surface area (Å²) in [6.07, 6.45) is 11.1. The van der Waals surface area contributed by atoms with E-state index in [-0.39, 0.29) is 16.9 Å². The van der Waals surface area contributed by atoms with Crippen molar-refractivity contribution in [1.29, 1.82) is 0 Å². The van der Waals surface area contributed by atoms with Crippen molar-refractivity contribution < 1.29 is 23.0 Å². The molecule has 0 radical (unpaired) electrons. The molecular formula is C22H36F2O3S2. The molecule has 2 rings (SSSR count). The molecule has 1 unspecified atom stereocenters. The highest BCUT2D eigenvalue weighted by Gasteiger charge is 2.54. The van der Waals surface area contributed by atoms with E-state index in [1.54, 1.807) is 6.26 Å². The third kappa shape index (κ3) is 6.78. The van der Waals surface area contributed by atoms with Crippen molar-refractivity contribution in [3.63, 3.8) is 0 Å². The second-order valence-electron chi connectivity index (χ2n) is 8.58. The standard InChI is InChI=1S/C22H36F2O3S2/c1-4-6-15-7-9-16(10-8-15)17-11-13-18(14-12-17)19(27-21(28)29-3)22(23,24)20(25)26-5-2/h15-19H,4-14H2,1-3H3. The van der Waals surface area contributed by atoms with Gasteiger partial charge in [-0.25, -0.2) is 4.79 Å². The van der Waals surface area contributed by atoms with E-state index in [0.717, 1.165) is 36.4 Å². The van der Waals surface area contributed by atoms with Gasteiger partial charge in [0.05, 0.1) is 6.61 Å². The molecule has 2 aliphatic carbocycles. The molecule has 0 aromatic heterocycles. The number of thiocarbonyl (C=S) groups is 1. The molecule has 0 aromatic rings. The van der Waals surface area contributed by atoms with Crippen LogP contribution in [0.2, 0.25) is 0 Å². The Morgan fingerprint density at radius 1 is 1.07 bits per heavy atom. The van der Waals surface area contributed by atoms with Gasteiger partial charge in [0.2, 0.25) is 4.38 Å². The summed E-state index contributed by atoms with van der Waals surface area (Å²) in [7, 11) is 0. The van der Waals surface area contributed by atoms with Crippen molar-refractivity contribution in [3.8, 4) is 0 Å². The molecule has 0 heterocycles. The lowest BCUT2D eigenvalue weighted by Crippen LogP contribution is -2.49. The maximum atomic E-state index is 14.8. The number of hydrogen-bond donors (Lipinski definition) is 0. The lowest BCUT2D eigenvalue weighted by atomic mass is 9.67. The summed E-state index contributed by atoms with van der Waals surface area (Å²) in [6, 6.07) is 0. The Balaban J connectivity index is 1.97. The molecule has 29 heavy (non-hydrogen) atoms. The van der Waals surface area contributed by atoms with Crippen LogP contribution in [0.5, 0.6) is 0 Å². The molecule has 0 amide bonds. The smallest absolute Gasteiger partial charge is 0.381 e. The number of thioether (sulfide) groups is 1. The first-order valence-corrected chi connectivity index (χ1v) is 12.8. The van der Waals surface area contributed by atoms with Crippen molar-refractivity contribution in [1.82, 2.24) is 0 Å². The van der Waals surface area contributed by atoms with Gasteiger partial charge >= 0.3 is 11.9 Å². The summed E-state index contributed by atoms with van der Waals surface area (Å²) < 4.78 is 39.8. The maximum absolute atomic E-state index is 14.8. The van der Waals surface area contributed by atoms with E-state index >= 15 is 0 Å². The van der Waals surface area contributed by atoms with Gasteiger partial charge in [-0.1, -0.05) is 44.4 Å². The van der Waals surface area contributed by atoms with Gasteiger partial charge in [-0.05, 0) is 81.7 Å². The van der Waals surface area contributed by atoms with Crippen molar-refractivity contribution in [2.75, 3.05) is 12.9 Å². The summed E-state index contributed by atoms with van der Waals surface area (Å²) in [5.74, 6) is -3.37. The van der Waals surface area contributed by atoms with Crippen molar-refractivity contribution in [3.05, 3.63) is 0 Å². The van der Waals surface area contributed by atoms with Crippen LogP contribution in [-0.2, 0) is 14.3 Å². The van der Waals surface area contributed by atoms with Crippen molar-refractivity contribution in [2.24, 2.45) is 23.7 Å². The van der Waals surface area contributed by atoms with E-state index in [9.17, 15) is 13.6 Å². The first-order valence-electron chi connectivity index (χ1n) is 11.1. The van der Waals surface area contributed by atoms with E-state index in [2.05, 4.69) is 11.7 Å². The zero-order valence-electron chi connectivity index (χ0n) is 18.0. The number of carbonyl (C=O) groups excluding carboxylic acids is 1. The molecule has 168 valence electrons. The zero-order valence-corrected chi connectivity index (χ0v) is 19.6. The molecule has 0 N–H and O–H groups in total. The summed E-state index contributed by atoms with van der Waals surface area (Å²) in [6.45, 7) is 3.69. The predicted octanol–water partition coefficient (Wildman–Crippen LogP) is 6.63. The van der Waals surface area contributed by atoms with E-state index < -0.39 is 18.0 Å². The molecule has 2 aliphatic rings. The Morgan fingerprint density at radius 3 is 2.10 bits per heavy atom. The van der Waals surface area contributed by atoms with Gasteiger partial charge in [-0.15, -0.1) is 0 Å². The van der Waals surface area contributed by atoms with Crippen LogP contribution in [0.25, 0.3) is 0 Å². The van der Waals surface area contributed by atoms with Gasteiger partial charge in [0.15, 0.2) is 6.10 Å². The number of alkyl halides is 2. The summed E-state index contributed by atoms with van der Waals surface area (Å²) in [4.78, 5) is 11.9. The fourth-order valence-electron chi connectivity index (χ4n) is 5.24. The number of hydrogen-bond acceptors (Lipinski definition) is 5. The van der Waals surface area contributed by atoms with Crippen LogP contribution >= 0.6 is 24.0 Å². The quantitative estimate of drug-likeness (QED) is 0.306. The van der Waals surface area contributed by atoms with Gasteiger partial charge in [-0.2, -0.15) is 8.78 Å². The molecular weight excluding hydrogens is 414 g/mol. The molecule has 0 aliphatic heterocycles. The Hall–Kier alpha value is -0.430. The molecule has 0 spiro atoms. The van der Waals surface area contributed by atoms with Gasteiger partial charge < -0.3 is 9.47 Å². The average Bonchev–Trinajstić information content (AvgIpc) is 2.73. The van der Waals surface area contributed by atoms with Crippen LogP contribution in [0.4, 0.5) is 8.78 Å². The Kier molecular flexibility index (Phi) is 10.1. The third-order valence-electron chi connectivity index (χ3n) is 6.79. The molecule has 0 bridgehead atoms. The van der Waals surface area contributed by atoms with Crippen LogP contribution in [0.1, 0.15) is 78.1 Å².